The molecular formula is C11H25N3. The van der Waals surface area contributed by atoms with Crippen molar-refractivity contribution in [3.05, 3.63) is 0 Å². The van der Waals surface area contributed by atoms with Gasteiger partial charge in [0.15, 0.2) is 0 Å². The van der Waals surface area contributed by atoms with Crippen LogP contribution in [0, 0.1) is 5.41 Å². The summed E-state index contributed by atoms with van der Waals surface area (Å²) in [6.07, 6.45) is 0. The van der Waals surface area contributed by atoms with Gasteiger partial charge in [0.05, 0.1) is 0 Å². The molecule has 0 amide bonds. The number of nitrogens with zero attached hydrogens (tertiary/aromatic N) is 2. The van der Waals surface area contributed by atoms with Crippen LogP contribution in [-0.4, -0.2) is 55.6 Å². The summed E-state index contributed by atoms with van der Waals surface area (Å²) in [7, 11) is 2.19. The number of nitrogens with two attached hydrogens (primary N) is 1. The number of piperazine rings is 1. The molecule has 1 fully saturated rings. The van der Waals surface area contributed by atoms with Crippen molar-refractivity contribution in [1.82, 2.24) is 9.80 Å². The maximum atomic E-state index is 5.98. The molecule has 3 nitrogen and oxygen atoms in total. The maximum Gasteiger partial charge on any atom is 0.0110 e. The van der Waals surface area contributed by atoms with Crippen molar-refractivity contribution in [2.24, 2.45) is 11.1 Å². The van der Waals surface area contributed by atoms with Crippen LogP contribution in [-0.2, 0) is 0 Å². The minimum absolute atomic E-state index is 0.232. The van der Waals surface area contributed by atoms with Crippen molar-refractivity contribution in [3.63, 3.8) is 0 Å². The maximum absolute atomic E-state index is 5.98. The summed E-state index contributed by atoms with van der Waals surface area (Å²) in [4.78, 5) is 4.92. The minimum atomic E-state index is 0.232. The first-order valence-electron chi connectivity index (χ1n) is 5.58. The number of likely N-dealkylation sites (N-methyl/N-ethyl adjacent to an activating group) is 1. The largest absolute Gasteiger partial charge is 0.327 e. The highest BCUT2D eigenvalue weighted by Gasteiger charge is 2.27. The average molecular weight is 199 g/mol. The van der Waals surface area contributed by atoms with Crippen LogP contribution in [0.25, 0.3) is 0 Å². The van der Waals surface area contributed by atoms with Crippen molar-refractivity contribution in [3.8, 4) is 0 Å². The fraction of sp³-hybridized carbons (Fsp3) is 1.00. The molecule has 0 saturated carbocycles. The van der Waals surface area contributed by atoms with Crippen LogP contribution in [0.2, 0.25) is 0 Å². The molecule has 0 spiro atoms. The first kappa shape index (κ1) is 12.0. The molecule has 1 aliphatic rings. The summed E-state index contributed by atoms with van der Waals surface area (Å²) in [5.74, 6) is 0. The van der Waals surface area contributed by atoms with Crippen LogP contribution in [0.4, 0.5) is 0 Å². The second-order valence-electron chi connectivity index (χ2n) is 5.36. The van der Waals surface area contributed by atoms with Crippen molar-refractivity contribution >= 4 is 0 Å². The van der Waals surface area contributed by atoms with Crippen molar-refractivity contribution in [2.75, 3.05) is 39.8 Å². The lowest BCUT2D eigenvalue weighted by Crippen LogP contribution is -2.50. The Hall–Kier alpha value is -0.120. The van der Waals surface area contributed by atoms with Gasteiger partial charge in [-0.15, -0.1) is 0 Å². The first-order valence-corrected chi connectivity index (χ1v) is 5.58. The SMILES string of the molecule is CC(N)C(C)(C)CN1CCN(C)CC1. The Morgan fingerprint density at radius 2 is 1.71 bits per heavy atom. The lowest BCUT2D eigenvalue weighted by Gasteiger charge is -2.39. The third-order valence-corrected chi connectivity index (χ3v) is 3.46. The molecule has 0 aromatic carbocycles. The molecule has 0 radical (unpaired) electrons. The predicted molar refractivity (Wildman–Crippen MR) is 61.4 cm³/mol. The van der Waals surface area contributed by atoms with E-state index in [1.165, 1.54) is 26.2 Å². The van der Waals surface area contributed by atoms with E-state index in [1.807, 2.05) is 0 Å². The highest BCUT2D eigenvalue weighted by atomic mass is 15.2. The predicted octanol–water partition coefficient (Wildman–Crippen LogP) is 0.607. The Bertz CT molecular complexity index is 169. The number of rotatable bonds is 3. The summed E-state index contributed by atoms with van der Waals surface area (Å²) < 4.78 is 0. The van der Waals surface area contributed by atoms with Crippen molar-refractivity contribution in [1.29, 1.82) is 0 Å². The van der Waals surface area contributed by atoms with Crippen molar-refractivity contribution < 1.29 is 0 Å². The molecule has 0 aromatic rings. The molecular weight excluding hydrogens is 174 g/mol. The molecule has 0 aromatic heterocycles. The Balaban J connectivity index is 2.37. The molecule has 1 unspecified atom stereocenters. The minimum Gasteiger partial charge on any atom is -0.327 e. The summed E-state index contributed by atoms with van der Waals surface area (Å²) in [6, 6.07) is 0.266. The van der Waals surface area contributed by atoms with Gasteiger partial charge in [-0.2, -0.15) is 0 Å². The van der Waals surface area contributed by atoms with Gasteiger partial charge < -0.3 is 15.5 Å². The van der Waals surface area contributed by atoms with Gasteiger partial charge in [-0.3, -0.25) is 0 Å². The van der Waals surface area contributed by atoms with Crippen LogP contribution in [0.15, 0.2) is 0 Å². The monoisotopic (exact) mass is 199 g/mol. The van der Waals surface area contributed by atoms with Gasteiger partial charge in [0.25, 0.3) is 0 Å². The molecule has 1 rings (SSSR count). The fourth-order valence-corrected chi connectivity index (χ4v) is 1.73. The van der Waals surface area contributed by atoms with E-state index >= 15 is 0 Å². The molecule has 1 heterocycles. The average Bonchev–Trinajstić information content (AvgIpc) is 2.08. The third kappa shape index (κ3) is 3.23. The van der Waals surface area contributed by atoms with Gasteiger partial charge >= 0.3 is 0 Å². The van der Waals surface area contributed by atoms with Crippen LogP contribution >= 0.6 is 0 Å². The summed E-state index contributed by atoms with van der Waals surface area (Å²) in [5.41, 5.74) is 6.21. The molecule has 0 aliphatic carbocycles. The van der Waals surface area contributed by atoms with Crippen LogP contribution in [0.3, 0.4) is 0 Å². The molecule has 14 heavy (non-hydrogen) atoms. The van der Waals surface area contributed by atoms with Gasteiger partial charge in [-0.1, -0.05) is 13.8 Å². The Kier molecular flexibility index (Phi) is 3.93. The molecule has 1 saturated heterocycles. The topological polar surface area (TPSA) is 32.5 Å². The second-order valence-corrected chi connectivity index (χ2v) is 5.36. The summed E-state index contributed by atoms with van der Waals surface area (Å²) in [6.45, 7) is 12.5. The second kappa shape index (κ2) is 4.60. The Morgan fingerprint density at radius 1 is 1.21 bits per heavy atom. The summed E-state index contributed by atoms with van der Waals surface area (Å²) >= 11 is 0. The molecule has 0 bridgehead atoms. The highest BCUT2D eigenvalue weighted by Crippen LogP contribution is 2.21. The van der Waals surface area contributed by atoms with E-state index < -0.39 is 0 Å². The van der Waals surface area contributed by atoms with Crippen LogP contribution in [0.5, 0.6) is 0 Å². The lowest BCUT2D eigenvalue weighted by molar-refractivity contribution is 0.101. The zero-order chi connectivity index (χ0) is 10.8. The standard InChI is InChI=1S/C11H25N3/c1-10(12)11(2,3)9-14-7-5-13(4)6-8-14/h10H,5-9,12H2,1-4H3. The van der Waals surface area contributed by atoms with E-state index in [2.05, 4.69) is 37.6 Å². The lowest BCUT2D eigenvalue weighted by atomic mass is 9.85. The van der Waals surface area contributed by atoms with Crippen LogP contribution in [0.1, 0.15) is 20.8 Å². The zero-order valence-electron chi connectivity index (χ0n) is 10.1. The molecule has 1 aliphatic heterocycles. The van der Waals surface area contributed by atoms with Gasteiger partial charge in [-0.05, 0) is 19.4 Å². The smallest absolute Gasteiger partial charge is 0.0110 e. The fourth-order valence-electron chi connectivity index (χ4n) is 1.73. The Labute approximate surface area is 88.2 Å². The van der Waals surface area contributed by atoms with E-state index in [0.29, 0.717) is 0 Å². The molecule has 3 heteroatoms. The van der Waals surface area contributed by atoms with Gasteiger partial charge in [0.1, 0.15) is 0 Å². The first-order chi connectivity index (χ1) is 6.42. The van der Waals surface area contributed by atoms with Crippen LogP contribution < -0.4 is 5.73 Å². The van der Waals surface area contributed by atoms with Gasteiger partial charge in [0, 0.05) is 38.8 Å². The third-order valence-electron chi connectivity index (χ3n) is 3.46. The molecule has 1 atom stereocenters. The van der Waals surface area contributed by atoms with E-state index in [0.717, 1.165) is 6.54 Å². The van der Waals surface area contributed by atoms with Gasteiger partial charge in [-0.25, -0.2) is 0 Å². The Morgan fingerprint density at radius 3 is 2.14 bits per heavy atom. The van der Waals surface area contributed by atoms with Gasteiger partial charge in [0.2, 0.25) is 0 Å². The van der Waals surface area contributed by atoms with Crippen molar-refractivity contribution in [2.45, 2.75) is 26.8 Å². The molecule has 2 N–H and O–H groups in total. The van der Waals surface area contributed by atoms with E-state index in [1.54, 1.807) is 0 Å². The van der Waals surface area contributed by atoms with E-state index in [-0.39, 0.29) is 11.5 Å². The van der Waals surface area contributed by atoms with E-state index in [4.69, 9.17) is 5.73 Å². The zero-order valence-corrected chi connectivity index (χ0v) is 10.1. The normalized spacial score (nSPS) is 23.8. The quantitative estimate of drug-likeness (QED) is 0.723. The van der Waals surface area contributed by atoms with E-state index in [9.17, 15) is 0 Å². The molecule has 84 valence electrons. The summed E-state index contributed by atoms with van der Waals surface area (Å²) in [5, 5.41) is 0. The number of hydrogen-bond donors (Lipinski definition) is 1. The number of hydrogen-bond acceptors (Lipinski definition) is 3. The highest BCUT2D eigenvalue weighted by molar-refractivity contribution is 4.83.